The molecule has 1 aliphatic rings. The molecule has 0 aromatic rings. The first-order valence-corrected chi connectivity index (χ1v) is 9.37. The maximum absolute atomic E-state index is 12.0. The molecule has 0 saturated heterocycles. The van der Waals surface area contributed by atoms with Crippen molar-refractivity contribution in [1.29, 1.82) is 0 Å². The van der Waals surface area contributed by atoms with Crippen molar-refractivity contribution in [2.24, 2.45) is 5.92 Å². The van der Waals surface area contributed by atoms with Gasteiger partial charge in [0.15, 0.2) is 0 Å². The minimum atomic E-state index is -3.58. The summed E-state index contributed by atoms with van der Waals surface area (Å²) in [6, 6.07) is 0. The van der Waals surface area contributed by atoms with Gasteiger partial charge in [-0.05, 0) is 38.0 Å². The van der Waals surface area contributed by atoms with Crippen LogP contribution in [0, 0.1) is 5.92 Å². The number of hydrogen-bond acceptors (Lipinski definition) is 5. The van der Waals surface area contributed by atoms with E-state index in [9.17, 15) is 23.1 Å². The monoisotopic (exact) mass is 350 g/mol. The summed E-state index contributed by atoms with van der Waals surface area (Å²) in [7, 11) is -2.10. The SMILES string of the molecule is COCCCS(=O)(=O)NCC(=O)NC1(C(=O)O)CCC(C)CC1. The van der Waals surface area contributed by atoms with Crippen LogP contribution in [0.15, 0.2) is 0 Å². The van der Waals surface area contributed by atoms with Gasteiger partial charge in [0.05, 0.1) is 12.3 Å². The maximum Gasteiger partial charge on any atom is 0.329 e. The van der Waals surface area contributed by atoms with Crippen LogP contribution in [0.2, 0.25) is 0 Å². The minimum absolute atomic E-state index is 0.143. The molecule has 0 atom stereocenters. The van der Waals surface area contributed by atoms with Crippen molar-refractivity contribution in [3.8, 4) is 0 Å². The zero-order valence-electron chi connectivity index (χ0n) is 13.6. The Morgan fingerprint density at radius 1 is 1.30 bits per heavy atom. The van der Waals surface area contributed by atoms with Crippen molar-refractivity contribution in [3.05, 3.63) is 0 Å². The molecule has 23 heavy (non-hydrogen) atoms. The van der Waals surface area contributed by atoms with Crippen molar-refractivity contribution in [1.82, 2.24) is 10.0 Å². The van der Waals surface area contributed by atoms with E-state index in [0.29, 0.717) is 31.8 Å². The van der Waals surface area contributed by atoms with Gasteiger partial charge in [0.2, 0.25) is 15.9 Å². The molecule has 0 aromatic heterocycles. The minimum Gasteiger partial charge on any atom is -0.480 e. The highest BCUT2D eigenvalue weighted by atomic mass is 32.2. The molecule has 1 rings (SSSR count). The van der Waals surface area contributed by atoms with Crippen LogP contribution in [-0.2, 0) is 24.3 Å². The van der Waals surface area contributed by atoms with Gasteiger partial charge in [0.1, 0.15) is 5.54 Å². The number of rotatable bonds is 9. The molecule has 0 heterocycles. The third-order valence-corrected chi connectivity index (χ3v) is 5.54. The van der Waals surface area contributed by atoms with Crippen LogP contribution in [0.1, 0.15) is 39.0 Å². The molecule has 1 aliphatic carbocycles. The Kier molecular flexibility index (Phi) is 7.43. The Hall–Kier alpha value is -1.19. The van der Waals surface area contributed by atoms with Gasteiger partial charge in [-0.15, -0.1) is 0 Å². The Bertz CT molecular complexity index is 511. The van der Waals surface area contributed by atoms with E-state index >= 15 is 0 Å². The fourth-order valence-corrected chi connectivity index (χ4v) is 3.59. The quantitative estimate of drug-likeness (QED) is 0.507. The smallest absolute Gasteiger partial charge is 0.329 e. The van der Waals surface area contributed by atoms with Crippen LogP contribution < -0.4 is 10.0 Å². The van der Waals surface area contributed by atoms with Gasteiger partial charge in [0, 0.05) is 13.7 Å². The van der Waals surface area contributed by atoms with Gasteiger partial charge >= 0.3 is 5.97 Å². The number of carboxylic acid groups (broad SMARTS) is 1. The van der Waals surface area contributed by atoms with Crippen LogP contribution in [0.4, 0.5) is 0 Å². The molecule has 1 saturated carbocycles. The third kappa shape index (κ3) is 6.44. The second-order valence-corrected chi connectivity index (χ2v) is 8.03. The average Bonchev–Trinajstić information content (AvgIpc) is 2.48. The fraction of sp³-hybridized carbons (Fsp3) is 0.857. The Labute approximate surface area is 137 Å². The molecule has 9 heteroatoms. The maximum atomic E-state index is 12.0. The number of carbonyl (C=O) groups is 2. The summed E-state index contributed by atoms with van der Waals surface area (Å²) in [4.78, 5) is 23.5. The van der Waals surface area contributed by atoms with Gasteiger partial charge in [-0.1, -0.05) is 6.92 Å². The van der Waals surface area contributed by atoms with E-state index in [-0.39, 0.29) is 5.75 Å². The molecular formula is C14H26N2O6S. The first-order valence-electron chi connectivity index (χ1n) is 7.71. The molecule has 8 nitrogen and oxygen atoms in total. The Morgan fingerprint density at radius 2 is 1.91 bits per heavy atom. The molecule has 0 unspecified atom stereocenters. The van der Waals surface area contributed by atoms with E-state index in [1.165, 1.54) is 7.11 Å². The Morgan fingerprint density at radius 3 is 2.43 bits per heavy atom. The van der Waals surface area contributed by atoms with Crippen LogP contribution in [-0.4, -0.2) is 57.0 Å². The van der Waals surface area contributed by atoms with Crippen LogP contribution in [0.3, 0.4) is 0 Å². The predicted molar refractivity (Wildman–Crippen MR) is 84.4 cm³/mol. The molecule has 0 aromatic carbocycles. The topological polar surface area (TPSA) is 122 Å². The zero-order chi connectivity index (χ0) is 17.5. The largest absolute Gasteiger partial charge is 0.480 e. The van der Waals surface area contributed by atoms with E-state index in [0.717, 1.165) is 12.8 Å². The van der Waals surface area contributed by atoms with Gasteiger partial charge in [0.25, 0.3) is 0 Å². The van der Waals surface area contributed by atoms with Crippen molar-refractivity contribution in [2.45, 2.75) is 44.6 Å². The second kappa shape index (κ2) is 8.60. The number of ether oxygens (including phenoxy) is 1. The number of sulfonamides is 1. The summed E-state index contributed by atoms with van der Waals surface area (Å²) in [5.74, 6) is -1.41. The van der Waals surface area contributed by atoms with Crippen molar-refractivity contribution in [3.63, 3.8) is 0 Å². The fourth-order valence-electron chi connectivity index (χ4n) is 2.60. The number of carbonyl (C=O) groups excluding carboxylic acids is 1. The number of aliphatic carboxylic acids is 1. The molecule has 0 radical (unpaired) electrons. The molecule has 1 amide bonds. The second-order valence-electron chi connectivity index (χ2n) is 6.10. The van der Waals surface area contributed by atoms with Crippen molar-refractivity contribution >= 4 is 21.9 Å². The molecule has 134 valence electrons. The van der Waals surface area contributed by atoms with Crippen molar-refractivity contribution < 1.29 is 27.9 Å². The number of amides is 1. The zero-order valence-corrected chi connectivity index (χ0v) is 14.4. The summed E-state index contributed by atoms with van der Waals surface area (Å²) >= 11 is 0. The first kappa shape index (κ1) is 19.9. The molecule has 0 aliphatic heterocycles. The lowest BCUT2D eigenvalue weighted by molar-refractivity contribution is -0.149. The van der Waals surface area contributed by atoms with Crippen molar-refractivity contribution in [2.75, 3.05) is 26.0 Å². The lowest BCUT2D eigenvalue weighted by Crippen LogP contribution is -2.58. The van der Waals surface area contributed by atoms with E-state index in [1.54, 1.807) is 0 Å². The molecule has 0 spiro atoms. The average molecular weight is 350 g/mol. The number of nitrogens with one attached hydrogen (secondary N) is 2. The standard InChI is InChI=1S/C14H26N2O6S/c1-11-4-6-14(7-5-11,13(18)19)16-12(17)10-15-23(20,21)9-3-8-22-2/h11,15H,3-10H2,1-2H3,(H,16,17)(H,18,19). The highest BCUT2D eigenvalue weighted by Gasteiger charge is 2.42. The van der Waals surface area contributed by atoms with Gasteiger partial charge in [-0.25, -0.2) is 17.9 Å². The molecule has 1 fully saturated rings. The lowest BCUT2D eigenvalue weighted by atomic mass is 9.77. The molecule has 3 N–H and O–H groups in total. The number of hydrogen-bond donors (Lipinski definition) is 3. The van der Waals surface area contributed by atoms with Gasteiger partial charge < -0.3 is 15.2 Å². The number of carboxylic acids is 1. The van der Waals surface area contributed by atoms with E-state index in [4.69, 9.17) is 4.74 Å². The normalized spacial score (nSPS) is 25.0. The first-order chi connectivity index (χ1) is 10.7. The third-order valence-electron chi connectivity index (χ3n) is 4.13. The summed E-state index contributed by atoms with van der Waals surface area (Å²) in [5.41, 5.74) is -1.29. The summed E-state index contributed by atoms with van der Waals surface area (Å²) in [6.45, 7) is 1.90. The van der Waals surface area contributed by atoms with E-state index in [1.807, 2.05) is 6.92 Å². The lowest BCUT2D eigenvalue weighted by Gasteiger charge is -2.36. The Balaban J connectivity index is 2.52. The summed E-state index contributed by atoms with van der Waals surface area (Å²) in [6.07, 6.45) is 2.47. The summed E-state index contributed by atoms with van der Waals surface area (Å²) < 4.78 is 30.4. The van der Waals surface area contributed by atoms with Crippen LogP contribution >= 0.6 is 0 Å². The molecule has 0 bridgehead atoms. The highest BCUT2D eigenvalue weighted by molar-refractivity contribution is 7.89. The number of methoxy groups -OCH3 is 1. The van der Waals surface area contributed by atoms with Gasteiger partial charge in [-0.2, -0.15) is 0 Å². The van der Waals surface area contributed by atoms with Crippen LogP contribution in [0.25, 0.3) is 0 Å². The van der Waals surface area contributed by atoms with E-state index in [2.05, 4.69) is 10.0 Å². The predicted octanol–water partition coefficient (Wildman–Crippen LogP) is 0.0920. The highest BCUT2D eigenvalue weighted by Crippen LogP contribution is 2.32. The van der Waals surface area contributed by atoms with Gasteiger partial charge in [-0.3, -0.25) is 4.79 Å². The van der Waals surface area contributed by atoms with E-state index < -0.39 is 34.0 Å². The van der Waals surface area contributed by atoms with Crippen LogP contribution in [0.5, 0.6) is 0 Å². The summed E-state index contributed by atoms with van der Waals surface area (Å²) in [5, 5.41) is 11.9. The molecular weight excluding hydrogens is 324 g/mol.